The number of hydrogen-bond donors (Lipinski definition) is 2. The SMILES string of the molecule is O=C(CNC(=O)[C@H]1CCCN(S(=O)(=O)c2ccc(Cl)cc2)C1)NCc1cccnc1. The molecule has 8 nitrogen and oxygen atoms in total. The highest BCUT2D eigenvalue weighted by atomic mass is 35.5. The van der Waals surface area contributed by atoms with Crippen LogP contribution >= 0.6 is 11.6 Å². The predicted molar refractivity (Wildman–Crippen MR) is 112 cm³/mol. The molecule has 0 saturated carbocycles. The zero-order chi connectivity index (χ0) is 21.6. The number of amides is 2. The van der Waals surface area contributed by atoms with E-state index in [4.69, 9.17) is 11.6 Å². The number of halogens is 1. The molecule has 1 aliphatic heterocycles. The molecule has 1 saturated heterocycles. The van der Waals surface area contributed by atoms with Crippen molar-refractivity contribution in [3.63, 3.8) is 0 Å². The zero-order valence-corrected chi connectivity index (χ0v) is 17.8. The fourth-order valence-electron chi connectivity index (χ4n) is 3.21. The lowest BCUT2D eigenvalue weighted by atomic mass is 9.99. The first-order valence-corrected chi connectivity index (χ1v) is 11.4. The third kappa shape index (κ3) is 5.78. The fourth-order valence-corrected chi connectivity index (χ4v) is 4.86. The summed E-state index contributed by atoms with van der Waals surface area (Å²) >= 11 is 5.83. The van der Waals surface area contributed by atoms with Crippen LogP contribution in [0.3, 0.4) is 0 Å². The third-order valence-corrected chi connectivity index (χ3v) is 6.97. The molecule has 0 spiro atoms. The van der Waals surface area contributed by atoms with E-state index in [1.165, 1.54) is 28.6 Å². The van der Waals surface area contributed by atoms with Crippen molar-refractivity contribution >= 4 is 33.4 Å². The van der Waals surface area contributed by atoms with Crippen LogP contribution in [0.1, 0.15) is 18.4 Å². The summed E-state index contributed by atoms with van der Waals surface area (Å²) in [5.41, 5.74) is 0.854. The molecule has 0 aliphatic carbocycles. The number of aromatic nitrogens is 1. The van der Waals surface area contributed by atoms with Crippen molar-refractivity contribution in [2.45, 2.75) is 24.3 Å². The molecule has 1 fully saturated rings. The normalized spacial score (nSPS) is 17.3. The van der Waals surface area contributed by atoms with Gasteiger partial charge in [-0.05, 0) is 48.7 Å². The first kappa shape index (κ1) is 22.2. The lowest BCUT2D eigenvalue weighted by Gasteiger charge is -2.31. The number of hydrogen-bond acceptors (Lipinski definition) is 5. The largest absolute Gasteiger partial charge is 0.350 e. The molecular weight excluding hydrogens is 428 g/mol. The molecule has 30 heavy (non-hydrogen) atoms. The van der Waals surface area contributed by atoms with Crippen LogP contribution in [0.25, 0.3) is 0 Å². The van der Waals surface area contributed by atoms with Gasteiger partial charge in [0.2, 0.25) is 21.8 Å². The Kier molecular flexibility index (Phi) is 7.41. The molecule has 1 atom stereocenters. The van der Waals surface area contributed by atoms with Crippen LogP contribution in [-0.4, -0.2) is 49.2 Å². The fraction of sp³-hybridized carbons (Fsp3) is 0.350. The van der Waals surface area contributed by atoms with Crippen LogP contribution < -0.4 is 10.6 Å². The summed E-state index contributed by atoms with van der Waals surface area (Å²) in [6.07, 6.45) is 4.43. The van der Waals surface area contributed by atoms with Gasteiger partial charge in [0.25, 0.3) is 0 Å². The second-order valence-corrected chi connectivity index (χ2v) is 9.39. The van der Waals surface area contributed by atoms with Crippen molar-refractivity contribution < 1.29 is 18.0 Å². The number of sulfonamides is 1. The van der Waals surface area contributed by atoms with Gasteiger partial charge in [-0.2, -0.15) is 4.31 Å². The minimum absolute atomic E-state index is 0.0775. The molecule has 10 heteroatoms. The molecule has 0 bridgehead atoms. The second-order valence-electron chi connectivity index (χ2n) is 7.01. The Morgan fingerprint density at radius 2 is 1.93 bits per heavy atom. The molecule has 1 aliphatic rings. The summed E-state index contributed by atoms with van der Waals surface area (Å²) < 4.78 is 27.0. The Hall–Kier alpha value is -2.49. The molecule has 1 aromatic carbocycles. The minimum Gasteiger partial charge on any atom is -0.350 e. The highest BCUT2D eigenvalue weighted by Gasteiger charge is 2.33. The van der Waals surface area contributed by atoms with E-state index in [2.05, 4.69) is 15.6 Å². The predicted octanol–water partition coefficient (Wildman–Crippen LogP) is 1.57. The summed E-state index contributed by atoms with van der Waals surface area (Å²) in [6, 6.07) is 9.56. The topological polar surface area (TPSA) is 108 Å². The van der Waals surface area contributed by atoms with Crippen molar-refractivity contribution in [1.82, 2.24) is 19.9 Å². The summed E-state index contributed by atoms with van der Waals surface area (Å²) in [7, 11) is -3.71. The van der Waals surface area contributed by atoms with E-state index < -0.39 is 15.9 Å². The van der Waals surface area contributed by atoms with E-state index in [9.17, 15) is 18.0 Å². The maximum atomic E-state index is 12.8. The lowest BCUT2D eigenvalue weighted by molar-refractivity contribution is -0.129. The number of rotatable bonds is 7. The number of nitrogens with zero attached hydrogens (tertiary/aromatic N) is 2. The summed E-state index contributed by atoms with van der Waals surface area (Å²) in [6.45, 7) is 0.576. The standard InChI is InChI=1S/C20H23ClN4O4S/c21-17-5-7-18(8-6-17)30(28,29)25-10-2-4-16(14-25)20(27)24-13-19(26)23-12-15-3-1-9-22-11-15/h1,3,5-9,11,16H,2,4,10,12-14H2,(H,23,26)(H,24,27)/t16-/m0/s1. The van der Waals surface area contributed by atoms with Gasteiger partial charge in [0.15, 0.2) is 0 Å². The number of pyridine rings is 1. The van der Waals surface area contributed by atoms with Gasteiger partial charge in [-0.15, -0.1) is 0 Å². The van der Waals surface area contributed by atoms with E-state index in [0.29, 0.717) is 31.0 Å². The van der Waals surface area contributed by atoms with Crippen LogP contribution in [0.5, 0.6) is 0 Å². The molecule has 2 N–H and O–H groups in total. The average Bonchev–Trinajstić information content (AvgIpc) is 2.77. The minimum atomic E-state index is -3.71. The van der Waals surface area contributed by atoms with Crippen molar-refractivity contribution in [3.05, 3.63) is 59.4 Å². The summed E-state index contributed by atoms with van der Waals surface area (Å²) in [5, 5.41) is 5.76. The maximum Gasteiger partial charge on any atom is 0.243 e. The molecule has 1 aromatic heterocycles. The van der Waals surface area contributed by atoms with Gasteiger partial charge in [0.05, 0.1) is 17.4 Å². The van der Waals surface area contributed by atoms with Crippen molar-refractivity contribution in [2.24, 2.45) is 5.92 Å². The number of carbonyl (C=O) groups is 2. The van der Waals surface area contributed by atoms with Crippen LogP contribution in [0.15, 0.2) is 53.7 Å². The Morgan fingerprint density at radius 1 is 1.17 bits per heavy atom. The van der Waals surface area contributed by atoms with Gasteiger partial charge in [0, 0.05) is 37.1 Å². The monoisotopic (exact) mass is 450 g/mol. The Labute approximate surface area is 180 Å². The molecule has 2 aromatic rings. The van der Waals surface area contributed by atoms with Crippen LogP contribution in [0.2, 0.25) is 5.02 Å². The quantitative estimate of drug-likeness (QED) is 0.665. The maximum absolute atomic E-state index is 12.8. The summed E-state index contributed by atoms with van der Waals surface area (Å²) in [4.78, 5) is 28.6. The third-order valence-electron chi connectivity index (χ3n) is 4.84. The van der Waals surface area contributed by atoms with Crippen molar-refractivity contribution in [1.29, 1.82) is 0 Å². The molecule has 2 amide bonds. The van der Waals surface area contributed by atoms with E-state index in [1.807, 2.05) is 6.07 Å². The van der Waals surface area contributed by atoms with E-state index in [0.717, 1.165) is 5.56 Å². The smallest absolute Gasteiger partial charge is 0.243 e. The van der Waals surface area contributed by atoms with Gasteiger partial charge in [-0.25, -0.2) is 8.42 Å². The van der Waals surface area contributed by atoms with Gasteiger partial charge in [0.1, 0.15) is 0 Å². The van der Waals surface area contributed by atoms with Gasteiger partial charge in [-0.3, -0.25) is 14.6 Å². The zero-order valence-electron chi connectivity index (χ0n) is 16.3. The number of nitrogens with one attached hydrogen (secondary N) is 2. The molecular formula is C20H23ClN4O4S. The number of benzene rings is 1. The van der Waals surface area contributed by atoms with E-state index >= 15 is 0 Å². The van der Waals surface area contributed by atoms with Gasteiger partial charge < -0.3 is 10.6 Å². The van der Waals surface area contributed by atoms with Gasteiger partial charge in [-0.1, -0.05) is 17.7 Å². The van der Waals surface area contributed by atoms with E-state index in [-0.39, 0.29) is 29.8 Å². The van der Waals surface area contributed by atoms with Crippen LogP contribution in [0, 0.1) is 5.92 Å². The highest BCUT2D eigenvalue weighted by Crippen LogP contribution is 2.24. The van der Waals surface area contributed by atoms with Crippen LogP contribution in [0.4, 0.5) is 0 Å². The molecule has 2 heterocycles. The first-order valence-electron chi connectivity index (χ1n) is 9.55. The Bertz CT molecular complexity index is 984. The second kappa shape index (κ2) is 10.0. The Balaban J connectivity index is 1.51. The van der Waals surface area contributed by atoms with Crippen molar-refractivity contribution in [2.75, 3.05) is 19.6 Å². The van der Waals surface area contributed by atoms with E-state index in [1.54, 1.807) is 18.5 Å². The molecule has 3 rings (SSSR count). The average molecular weight is 451 g/mol. The summed E-state index contributed by atoms with van der Waals surface area (Å²) in [5.74, 6) is -1.16. The molecule has 0 unspecified atom stereocenters. The lowest BCUT2D eigenvalue weighted by Crippen LogP contribution is -2.47. The first-order chi connectivity index (χ1) is 14.4. The molecule has 160 valence electrons. The number of carbonyl (C=O) groups excluding carboxylic acids is 2. The Morgan fingerprint density at radius 3 is 2.63 bits per heavy atom. The number of piperidine rings is 1. The highest BCUT2D eigenvalue weighted by molar-refractivity contribution is 7.89. The van der Waals surface area contributed by atoms with Crippen molar-refractivity contribution in [3.8, 4) is 0 Å². The van der Waals surface area contributed by atoms with Gasteiger partial charge >= 0.3 is 0 Å². The molecule has 0 radical (unpaired) electrons. The van der Waals surface area contributed by atoms with Crippen LogP contribution in [-0.2, 0) is 26.2 Å².